The lowest BCUT2D eigenvalue weighted by molar-refractivity contribution is -0.274. The van der Waals surface area contributed by atoms with Crippen molar-refractivity contribution >= 4 is 5.78 Å². The van der Waals surface area contributed by atoms with Gasteiger partial charge in [-0.05, 0) is 25.1 Å². The number of hydrogen-bond acceptors (Lipinski definition) is 3. The van der Waals surface area contributed by atoms with Gasteiger partial charge in [-0.1, -0.05) is 0 Å². The van der Waals surface area contributed by atoms with Crippen molar-refractivity contribution in [2.24, 2.45) is 0 Å². The molecule has 1 aromatic carbocycles. The Balaban J connectivity index is 3.20. The zero-order chi connectivity index (χ0) is 12.3. The second-order valence-electron chi connectivity index (χ2n) is 2.93. The molecule has 0 radical (unpaired) electrons. The molecule has 0 aliphatic heterocycles. The van der Waals surface area contributed by atoms with E-state index in [2.05, 4.69) is 4.74 Å². The third kappa shape index (κ3) is 2.98. The summed E-state index contributed by atoms with van der Waals surface area (Å²) in [5.74, 6) is -1.20. The molecule has 0 saturated heterocycles. The van der Waals surface area contributed by atoms with E-state index in [1.54, 1.807) is 6.07 Å². The van der Waals surface area contributed by atoms with Gasteiger partial charge in [0.15, 0.2) is 5.78 Å². The molecular formula is C10H6F3NO2. The van der Waals surface area contributed by atoms with Crippen LogP contribution < -0.4 is 4.74 Å². The number of ketones is 1. The summed E-state index contributed by atoms with van der Waals surface area (Å²) in [6, 6.07) is 4.88. The van der Waals surface area contributed by atoms with Gasteiger partial charge in [-0.25, -0.2) is 0 Å². The van der Waals surface area contributed by atoms with E-state index in [9.17, 15) is 18.0 Å². The van der Waals surface area contributed by atoms with Gasteiger partial charge in [0.1, 0.15) is 5.75 Å². The fourth-order valence-corrected chi connectivity index (χ4v) is 1.09. The van der Waals surface area contributed by atoms with E-state index in [4.69, 9.17) is 5.26 Å². The van der Waals surface area contributed by atoms with Gasteiger partial charge in [0.2, 0.25) is 0 Å². The van der Waals surface area contributed by atoms with Gasteiger partial charge < -0.3 is 4.74 Å². The van der Waals surface area contributed by atoms with Crippen molar-refractivity contribution < 1.29 is 22.7 Å². The van der Waals surface area contributed by atoms with Gasteiger partial charge in [0.05, 0.1) is 17.2 Å². The predicted molar refractivity (Wildman–Crippen MR) is 47.8 cm³/mol. The molecule has 0 aliphatic rings. The summed E-state index contributed by atoms with van der Waals surface area (Å²) in [5.41, 5.74) is -0.170. The molecule has 1 aromatic rings. The van der Waals surface area contributed by atoms with E-state index < -0.39 is 17.9 Å². The normalized spacial score (nSPS) is 10.7. The number of Topliss-reactive ketones (excluding diaryl/α,β-unsaturated/α-hetero) is 1. The number of ether oxygens (including phenoxy) is 1. The van der Waals surface area contributed by atoms with E-state index in [0.717, 1.165) is 25.1 Å². The monoisotopic (exact) mass is 229 g/mol. The van der Waals surface area contributed by atoms with Crippen LogP contribution in [0.1, 0.15) is 22.8 Å². The standard InChI is InChI=1S/C10H6F3NO2/c1-6(15)8-4-7(5-14)2-3-9(8)16-10(11,12)13/h2-4H,1H3. The van der Waals surface area contributed by atoms with Crippen LogP contribution in [0.3, 0.4) is 0 Å². The third-order valence-corrected chi connectivity index (χ3v) is 1.71. The first-order chi connectivity index (χ1) is 7.33. The first kappa shape index (κ1) is 12.0. The Morgan fingerprint density at radius 3 is 2.50 bits per heavy atom. The minimum atomic E-state index is -4.86. The predicted octanol–water partition coefficient (Wildman–Crippen LogP) is 2.66. The number of carbonyl (C=O) groups excluding carboxylic acids is 1. The van der Waals surface area contributed by atoms with Crippen molar-refractivity contribution in [2.45, 2.75) is 13.3 Å². The molecule has 0 aromatic heterocycles. The molecule has 0 spiro atoms. The van der Waals surface area contributed by atoms with Crippen LogP contribution in [0.4, 0.5) is 13.2 Å². The summed E-state index contributed by atoms with van der Waals surface area (Å²) in [6.45, 7) is 1.10. The van der Waals surface area contributed by atoms with E-state index in [1.165, 1.54) is 0 Å². The fraction of sp³-hybridized carbons (Fsp3) is 0.200. The number of rotatable bonds is 2. The van der Waals surface area contributed by atoms with E-state index in [1.807, 2.05) is 0 Å². The highest BCUT2D eigenvalue weighted by atomic mass is 19.4. The van der Waals surface area contributed by atoms with Crippen LogP contribution in [-0.4, -0.2) is 12.1 Å². The maximum atomic E-state index is 12.0. The largest absolute Gasteiger partial charge is 0.573 e. The Bertz CT molecular complexity index is 460. The molecule has 1 rings (SSSR count). The number of benzene rings is 1. The van der Waals surface area contributed by atoms with Crippen LogP contribution in [0.2, 0.25) is 0 Å². The van der Waals surface area contributed by atoms with E-state index in [-0.39, 0.29) is 11.1 Å². The van der Waals surface area contributed by atoms with Crippen LogP contribution in [-0.2, 0) is 0 Å². The average molecular weight is 229 g/mol. The Morgan fingerprint density at radius 1 is 1.44 bits per heavy atom. The molecule has 0 heterocycles. The lowest BCUT2D eigenvalue weighted by Gasteiger charge is -2.11. The van der Waals surface area contributed by atoms with Crippen LogP contribution in [0, 0.1) is 11.3 Å². The van der Waals surface area contributed by atoms with Gasteiger partial charge in [-0.3, -0.25) is 4.79 Å². The number of carbonyl (C=O) groups is 1. The van der Waals surface area contributed by atoms with Crippen molar-refractivity contribution in [3.8, 4) is 11.8 Å². The van der Waals surface area contributed by atoms with Crippen LogP contribution in [0.15, 0.2) is 18.2 Å². The summed E-state index contributed by atoms with van der Waals surface area (Å²) in [7, 11) is 0. The number of alkyl halides is 3. The molecule has 0 aliphatic carbocycles. The number of halogens is 3. The number of hydrogen-bond donors (Lipinski definition) is 0. The lowest BCUT2D eigenvalue weighted by atomic mass is 10.1. The van der Waals surface area contributed by atoms with Gasteiger partial charge in [-0.15, -0.1) is 13.2 Å². The molecule has 0 bridgehead atoms. The van der Waals surface area contributed by atoms with Crippen molar-refractivity contribution in [2.75, 3.05) is 0 Å². The average Bonchev–Trinajstić information content (AvgIpc) is 2.15. The SMILES string of the molecule is CC(=O)c1cc(C#N)ccc1OC(F)(F)F. The summed E-state index contributed by atoms with van der Waals surface area (Å²) < 4.78 is 39.6. The van der Waals surface area contributed by atoms with Gasteiger partial charge in [0.25, 0.3) is 0 Å². The van der Waals surface area contributed by atoms with E-state index >= 15 is 0 Å². The second-order valence-corrected chi connectivity index (χ2v) is 2.93. The molecule has 84 valence electrons. The fourth-order valence-electron chi connectivity index (χ4n) is 1.09. The molecule has 0 N–H and O–H groups in total. The van der Waals surface area contributed by atoms with Crippen molar-refractivity contribution in [3.63, 3.8) is 0 Å². The Morgan fingerprint density at radius 2 is 2.06 bits per heavy atom. The highest BCUT2D eigenvalue weighted by Crippen LogP contribution is 2.27. The second kappa shape index (κ2) is 4.23. The maximum absolute atomic E-state index is 12.0. The minimum Gasteiger partial charge on any atom is -0.405 e. The smallest absolute Gasteiger partial charge is 0.405 e. The topological polar surface area (TPSA) is 50.1 Å². The quantitative estimate of drug-likeness (QED) is 0.732. The molecule has 0 atom stereocenters. The molecule has 3 nitrogen and oxygen atoms in total. The molecule has 0 fully saturated rings. The Kier molecular flexibility index (Phi) is 3.18. The molecular weight excluding hydrogens is 223 g/mol. The number of nitriles is 1. The van der Waals surface area contributed by atoms with E-state index in [0.29, 0.717) is 0 Å². The van der Waals surface area contributed by atoms with Crippen LogP contribution >= 0.6 is 0 Å². The maximum Gasteiger partial charge on any atom is 0.573 e. The summed E-state index contributed by atoms with van der Waals surface area (Å²) in [5, 5.41) is 8.54. The van der Waals surface area contributed by atoms with Gasteiger partial charge in [0, 0.05) is 0 Å². The summed E-state index contributed by atoms with van der Waals surface area (Å²) in [6.07, 6.45) is -4.86. The Labute approximate surface area is 89.1 Å². The highest BCUT2D eigenvalue weighted by Gasteiger charge is 2.32. The van der Waals surface area contributed by atoms with Crippen LogP contribution in [0.25, 0.3) is 0 Å². The Hall–Kier alpha value is -2.03. The van der Waals surface area contributed by atoms with Crippen molar-refractivity contribution in [1.29, 1.82) is 5.26 Å². The zero-order valence-electron chi connectivity index (χ0n) is 8.13. The molecule has 16 heavy (non-hydrogen) atoms. The summed E-state index contributed by atoms with van der Waals surface area (Å²) in [4.78, 5) is 11.1. The first-order valence-electron chi connectivity index (χ1n) is 4.14. The lowest BCUT2D eigenvalue weighted by Crippen LogP contribution is -2.18. The first-order valence-corrected chi connectivity index (χ1v) is 4.14. The third-order valence-electron chi connectivity index (χ3n) is 1.71. The zero-order valence-corrected chi connectivity index (χ0v) is 8.13. The van der Waals surface area contributed by atoms with Crippen LogP contribution in [0.5, 0.6) is 5.75 Å². The molecule has 6 heteroatoms. The minimum absolute atomic E-state index is 0.0970. The number of nitrogens with zero attached hydrogens (tertiary/aromatic N) is 1. The summed E-state index contributed by atoms with van der Waals surface area (Å²) >= 11 is 0. The molecule has 0 amide bonds. The van der Waals surface area contributed by atoms with Crippen molar-refractivity contribution in [3.05, 3.63) is 29.3 Å². The van der Waals surface area contributed by atoms with Crippen molar-refractivity contribution in [1.82, 2.24) is 0 Å². The van der Waals surface area contributed by atoms with Gasteiger partial charge >= 0.3 is 6.36 Å². The molecule has 0 unspecified atom stereocenters. The molecule has 0 saturated carbocycles. The highest BCUT2D eigenvalue weighted by molar-refractivity contribution is 5.97. The van der Waals surface area contributed by atoms with Gasteiger partial charge in [-0.2, -0.15) is 5.26 Å².